The lowest BCUT2D eigenvalue weighted by molar-refractivity contribution is -0.121. The highest BCUT2D eigenvalue weighted by molar-refractivity contribution is 5.76. The Morgan fingerprint density at radius 3 is 2.48 bits per heavy atom. The standard InChI is InChI=1S/C19H27N3O/c23-19(20-18-8-9-18)10-12-22-15-13-21(14-16-22)11-4-7-17-5-2-1-3-6-17/h1-7,18H,8-16H2,(H,20,23)/b7-4+. The van der Waals surface area contributed by atoms with Crippen molar-refractivity contribution in [2.24, 2.45) is 0 Å². The molecule has 1 N–H and O–H groups in total. The first kappa shape index (κ1) is 16.2. The minimum absolute atomic E-state index is 0.223. The summed E-state index contributed by atoms with van der Waals surface area (Å²) >= 11 is 0. The Balaban J connectivity index is 1.30. The van der Waals surface area contributed by atoms with Crippen LogP contribution in [-0.2, 0) is 4.79 Å². The van der Waals surface area contributed by atoms with Crippen LogP contribution in [0.2, 0.25) is 0 Å². The molecule has 4 nitrogen and oxygen atoms in total. The second-order valence-electron chi connectivity index (χ2n) is 6.55. The summed E-state index contributed by atoms with van der Waals surface area (Å²) < 4.78 is 0. The number of carbonyl (C=O) groups is 1. The largest absolute Gasteiger partial charge is 0.353 e. The fraction of sp³-hybridized carbons (Fsp3) is 0.526. The van der Waals surface area contributed by atoms with Crippen LogP contribution in [0, 0.1) is 0 Å². The summed E-state index contributed by atoms with van der Waals surface area (Å²) in [6.45, 7) is 6.20. The third kappa shape index (κ3) is 5.81. The van der Waals surface area contributed by atoms with Gasteiger partial charge in [-0.25, -0.2) is 0 Å². The van der Waals surface area contributed by atoms with E-state index in [1.807, 2.05) is 6.07 Å². The van der Waals surface area contributed by atoms with Gasteiger partial charge in [-0.1, -0.05) is 42.5 Å². The first-order valence-electron chi connectivity index (χ1n) is 8.75. The van der Waals surface area contributed by atoms with Gasteiger partial charge in [-0.05, 0) is 18.4 Å². The first-order valence-corrected chi connectivity index (χ1v) is 8.75. The van der Waals surface area contributed by atoms with Crippen LogP contribution in [0.1, 0.15) is 24.8 Å². The predicted molar refractivity (Wildman–Crippen MR) is 94.1 cm³/mol. The zero-order valence-electron chi connectivity index (χ0n) is 13.8. The maximum absolute atomic E-state index is 11.7. The predicted octanol–water partition coefficient (Wildman–Crippen LogP) is 1.99. The van der Waals surface area contributed by atoms with Gasteiger partial charge >= 0.3 is 0 Å². The third-order valence-corrected chi connectivity index (χ3v) is 4.54. The molecule has 1 saturated heterocycles. The van der Waals surface area contributed by atoms with Gasteiger partial charge in [0.25, 0.3) is 0 Å². The van der Waals surface area contributed by atoms with E-state index in [9.17, 15) is 4.79 Å². The van der Waals surface area contributed by atoms with Gasteiger partial charge < -0.3 is 10.2 Å². The molecule has 0 spiro atoms. The Morgan fingerprint density at radius 2 is 1.78 bits per heavy atom. The maximum atomic E-state index is 11.7. The number of hydrogen-bond donors (Lipinski definition) is 1. The van der Waals surface area contributed by atoms with Gasteiger partial charge in [-0.15, -0.1) is 0 Å². The molecule has 0 aromatic heterocycles. The summed E-state index contributed by atoms with van der Waals surface area (Å²) in [5.41, 5.74) is 1.26. The van der Waals surface area contributed by atoms with E-state index >= 15 is 0 Å². The molecule has 3 rings (SSSR count). The topological polar surface area (TPSA) is 35.6 Å². The van der Waals surface area contributed by atoms with Crippen molar-refractivity contribution in [3.8, 4) is 0 Å². The summed E-state index contributed by atoms with van der Waals surface area (Å²) in [6, 6.07) is 10.9. The number of nitrogens with zero attached hydrogens (tertiary/aromatic N) is 2. The molecule has 1 aliphatic carbocycles. The fourth-order valence-corrected chi connectivity index (χ4v) is 2.88. The molecule has 0 bridgehead atoms. The minimum atomic E-state index is 0.223. The Morgan fingerprint density at radius 1 is 1.09 bits per heavy atom. The molecular formula is C19H27N3O. The number of amides is 1. The number of nitrogens with one attached hydrogen (secondary N) is 1. The van der Waals surface area contributed by atoms with E-state index in [0.29, 0.717) is 12.5 Å². The lowest BCUT2D eigenvalue weighted by atomic mass is 10.2. The smallest absolute Gasteiger partial charge is 0.221 e. The number of piperazine rings is 1. The quantitative estimate of drug-likeness (QED) is 0.836. The molecule has 1 aromatic carbocycles. The van der Waals surface area contributed by atoms with Crippen LogP contribution in [0.3, 0.4) is 0 Å². The van der Waals surface area contributed by atoms with Gasteiger partial charge in [-0.2, -0.15) is 0 Å². The van der Waals surface area contributed by atoms with Crippen molar-refractivity contribution in [2.75, 3.05) is 39.3 Å². The zero-order valence-corrected chi connectivity index (χ0v) is 13.8. The van der Waals surface area contributed by atoms with Gasteiger partial charge in [0.2, 0.25) is 5.91 Å². The van der Waals surface area contributed by atoms with Crippen molar-refractivity contribution in [1.29, 1.82) is 0 Å². The molecule has 2 aliphatic rings. The molecule has 0 unspecified atom stereocenters. The normalized spacial score (nSPS) is 20.0. The first-order chi connectivity index (χ1) is 11.3. The highest BCUT2D eigenvalue weighted by Gasteiger charge is 2.23. The number of benzene rings is 1. The lowest BCUT2D eigenvalue weighted by Crippen LogP contribution is -2.47. The monoisotopic (exact) mass is 313 g/mol. The Kier molecular flexibility index (Phi) is 5.83. The van der Waals surface area contributed by atoms with Crippen molar-refractivity contribution in [3.05, 3.63) is 42.0 Å². The van der Waals surface area contributed by atoms with E-state index in [4.69, 9.17) is 0 Å². The second kappa shape index (κ2) is 8.27. The van der Waals surface area contributed by atoms with Crippen LogP contribution in [0.5, 0.6) is 0 Å². The molecule has 2 fully saturated rings. The zero-order chi connectivity index (χ0) is 15.9. The molecule has 1 heterocycles. The Bertz CT molecular complexity index is 517. The summed E-state index contributed by atoms with van der Waals surface area (Å²) in [5.74, 6) is 0.223. The van der Waals surface area contributed by atoms with E-state index in [2.05, 4.69) is 51.5 Å². The van der Waals surface area contributed by atoms with Gasteiger partial charge in [0.05, 0.1) is 0 Å². The van der Waals surface area contributed by atoms with Gasteiger partial charge in [-0.3, -0.25) is 9.69 Å². The summed E-state index contributed by atoms with van der Waals surface area (Å²) in [5, 5.41) is 3.06. The average molecular weight is 313 g/mol. The average Bonchev–Trinajstić information content (AvgIpc) is 3.39. The SMILES string of the molecule is O=C(CCN1CCN(C/C=C/c2ccccc2)CC1)NC1CC1. The van der Waals surface area contributed by atoms with Crippen molar-refractivity contribution in [2.45, 2.75) is 25.3 Å². The number of hydrogen-bond acceptors (Lipinski definition) is 3. The van der Waals surface area contributed by atoms with E-state index < -0.39 is 0 Å². The third-order valence-electron chi connectivity index (χ3n) is 4.54. The number of rotatable bonds is 7. The van der Waals surface area contributed by atoms with Gasteiger partial charge in [0.15, 0.2) is 0 Å². The van der Waals surface area contributed by atoms with E-state index in [1.54, 1.807) is 0 Å². The molecule has 1 amide bonds. The molecule has 1 aliphatic heterocycles. The highest BCUT2D eigenvalue weighted by atomic mass is 16.1. The van der Waals surface area contributed by atoms with Crippen molar-refractivity contribution >= 4 is 12.0 Å². The summed E-state index contributed by atoms with van der Waals surface area (Å²) in [6.07, 6.45) is 7.41. The van der Waals surface area contributed by atoms with E-state index in [1.165, 1.54) is 18.4 Å². The summed E-state index contributed by atoms with van der Waals surface area (Å²) in [7, 11) is 0. The van der Waals surface area contributed by atoms with Crippen LogP contribution < -0.4 is 5.32 Å². The van der Waals surface area contributed by atoms with Gasteiger partial charge in [0.1, 0.15) is 0 Å². The molecule has 4 heteroatoms. The fourth-order valence-electron chi connectivity index (χ4n) is 2.88. The highest BCUT2D eigenvalue weighted by Crippen LogP contribution is 2.18. The molecule has 124 valence electrons. The van der Waals surface area contributed by atoms with Gasteiger partial charge in [0, 0.05) is 51.7 Å². The van der Waals surface area contributed by atoms with E-state index in [-0.39, 0.29) is 5.91 Å². The number of carbonyl (C=O) groups excluding carboxylic acids is 1. The van der Waals surface area contributed by atoms with Crippen molar-refractivity contribution < 1.29 is 4.79 Å². The molecule has 0 radical (unpaired) electrons. The molecule has 0 atom stereocenters. The van der Waals surface area contributed by atoms with Crippen LogP contribution in [0.4, 0.5) is 0 Å². The minimum Gasteiger partial charge on any atom is -0.353 e. The molecule has 23 heavy (non-hydrogen) atoms. The Hall–Kier alpha value is -1.65. The molecule has 1 saturated carbocycles. The van der Waals surface area contributed by atoms with Crippen molar-refractivity contribution in [1.82, 2.24) is 15.1 Å². The second-order valence-corrected chi connectivity index (χ2v) is 6.55. The molecular weight excluding hydrogens is 286 g/mol. The molecule has 1 aromatic rings. The summed E-state index contributed by atoms with van der Waals surface area (Å²) in [4.78, 5) is 16.6. The Labute approximate surface area is 139 Å². The lowest BCUT2D eigenvalue weighted by Gasteiger charge is -2.34. The van der Waals surface area contributed by atoms with Crippen LogP contribution in [0.25, 0.3) is 6.08 Å². The van der Waals surface area contributed by atoms with Crippen LogP contribution >= 0.6 is 0 Å². The van der Waals surface area contributed by atoms with Crippen molar-refractivity contribution in [3.63, 3.8) is 0 Å². The van der Waals surface area contributed by atoms with E-state index in [0.717, 1.165) is 39.3 Å². The van der Waals surface area contributed by atoms with Crippen LogP contribution in [-0.4, -0.2) is 61.0 Å². The maximum Gasteiger partial charge on any atom is 0.221 e. The van der Waals surface area contributed by atoms with Crippen LogP contribution in [0.15, 0.2) is 36.4 Å².